The number of hydrogen-bond acceptors (Lipinski definition) is 0. The lowest BCUT2D eigenvalue weighted by atomic mass is 9.76. The molecule has 1 aliphatic carbocycles. The summed E-state index contributed by atoms with van der Waals surface area (Å²) < 4.78 is 0. The first-order chi connectivity index (χ1) is 4.72. The normalized spacial score (nSPS) is 41.7. The molecule has 0 aromatic carbocycles. The van der Waals surface area contributed by atoms with Gasteiger partial charge >= 0.3 is 0 Å². The van der Waals surface area contributed by atoms with Crippen LogP contribution in [0.25, 0.3) is 0 Å². The Kier molecular flexibility index (Phi) is 2.76. The van der Waals surface area contributed by atoms with E-state index in [0.717, 1.165) is 17.8 Å². The number of rotatable bonds is 1. The molecule has 0 aliphatic heterocycles. The maximum Gasteiger partial charge on any atom is -0.0412 e. The molecule has 1 rings (SSSR count). The van der Waals surface area contributed by atoms with Crippen molar-refractivity contribution < 1.29 is 0 Å². The van der Waals surface area contributed by atoms with Crippen molar-refractivity contribution in [3.63, 3.8) is 0 Å². The third-order valence-electron chi connectivity index (χ3n) is 2.85. The highest BCUT2D eigenvalue weighted by Crippen LogP contribution is 2.34. The van der Waals surface area contributed by atoms with Gasteiger partial charge in [0.2, 0.25) is 0 Å². The monoisotopic (exact) mass is 140 g/mol. The molecule has 0 radical (unpaired) electrons. The maximum atomic E-state index is 2.40. The van der Waals surface area contributed by atoms with Crippen molar-refractivity contribution in [2.45, 2.75) is 46.5 Å². The maximum absolute atomic E-state index is 2.40. The van der Waals surface area contributed by atoms with Crippen LogP contribution in [0.15, 0.2) is 0 Å². The van der Waals surface area contributed by atoms with Crippen LogP contribution in [0.5, 0.6) is 0 Å². The van der Waals surface area contributed by atoms with E-state index in [1.54, 1.807) is 0 Å². The average molecular weight is 140 g/mol. The van der Waals surface area contributed by atoms with Gasteiger partial charge in [0.05, 0.1) is 0 Å². The van der Waals surface area contributed by atoms with Crippen LogP contribution in [0.2, 0.25) is 0 Å². The minimum atomic E-state index is 0.994. The smallest absolute Gasteiger partial charge is 0.0412 e. The quantitative estimate of drug-likeness (QED) is 0.523. The second kappa shape index (κ2) is 3.41. The Labute approximate surface area is 65.0 Å². The lowest BCUT2D eigenvalue weighted by Crippen LogP contribution is -2.18. The summed E-state index contributed by atoms with van der Waals surface area (Å²) in [5.41, 5.74) is 0. The van der Waals surface area contributed by atoms with Crippen molar-refractivity contribution in [3.05, 3.63) is 0 Å². The predicted molar refractivity (Wildman–Crippen MR) is 46.0 cm³/mol. The molecule has 0 N–H and O–H groups in total. The van der Waals surface area contributed by atoms with Crippen molar-refractivity contribution in [1.82, 2.24) is 0 Å². The van der Waals surface area contributed by atoms with E-state index in [-0.39, 0.29) is 0 Å². The zero-order valence-corrected chi connectivity index (χ0v) is 7.56. The van der Waals surface area contributed by atoms with Crippen LogP contribution in [0.1, 0.15) is 46.5 Å². The zero-order valence-electron chi connectivity index (χ0n) is 7.56. The molecule has 2 atom stereocenters. The Hall–Kier alpha value is 0. The van der Waals surface area contributed by atoms with Gasteiger partial charge in [-0.2, -0.15) is 0 Å². The zero-order chi connectivity index (χ0) is 7.56. The first kappa shape index (κ1) is 8.10. The highest BCUT2D eigenvalue weighted by Gasteiger charge is 2.21. The Morgan fingerprint density at radius 2 is 1.50 bits per heavy atom. The van der Waals surface area contributed by atoms with E-state index in [1.165, 1.54) is 25.7 Å². The minimum Gasteiger partial charge on any atom is -0.0651 e. The summed E-state index contributed by atoms with van der Waals surface area (Å²) in [6, 6.07) is 0. The number of hydrogen-bond donors (Lipinski definition) is 0. The fourth-order valence-electron chi connectivity index (χ4n) is 2.45. The molecule has 0 saturated heterocycles. The van der Waals surface area contributed by atoms with Crippen LogP contribution in [0, 0.1) is 17.8 Å². The molecule has 0 bridgehead atoms. The molecular formula is C10H20. The fraction of sp³-hybridized carbons (Fsp3) is 1.00. The van der Waals surface area contributed by atoms with Gasteiger partial charge in [-0.05, 0) is 37.0 Å². The lowest BCUT2D eigenvalue weighted by molar-refractivity contribution is 0.215. The molecular weight excluding hydrogens is 120 g/mol. The molecule has 0 spiro atoms. The van der Waals surface area contributed by atoms with E-state index in [1.807, 2.05) is 0 Å². The summed E-state index contributed by atoms with van der Waals surface area (Å²) in [5.74, 6) is 3.03. The Balaban J connectivity index is 2.35. The van der Waals surface area contributed by atoms with Crippen molar-refractivity contribution >= 4 is 0 Å². The summed E-state index contributed by atoms with van der Waals surface area (Å²) in [5, 5.41) is 0. The lowest BCUT2D eigenvalue weighted by Gasteiger charge is -2.30. The van der Waals surface area contributed by atoms with Gasteiger partial charge in [-0.15, -0.1) is 0 Å². The van der Waals surface area contributed by atoms with Crippen molar-refractivity contribution in [2.75, 3.05) is 0 Å². The van der Waals surface area contributed by atoms with E-state index in [0.29, 0.717) is 0 Å². The standard InChI is InChI=1S/C10H20/c1-4-10-6-8(2)5-9(3)7-10/h8-10H,4-7H2,1-3H3. The average Bonchev–Trinajstić information content (AvgIpc) is 1.85. The van der Waals surface area contributed by atoms with E-state index in [9.17, 15) is 0 Å². The first-order valence-electron chi connectivity index (χ1n) is 4.72. The van der Waals surface area contributed by atoms with Crippen molar-refractivity contribution in [2.24, 2.45) is 17.8 Å². The van der Waals surface area contributed by atoms with Crippen LogP contribution in [-0.2, 0) is 0 Å². The highest BCUT2D eigenvalue weighted by molar-refractivity contribution is 4.73. The summed E-state index contributed by atoms with van der Waals surface area (Å²) in [7, 11) is 0. The van der Waals surface area contributed by atoms with Crippen molar-refractivity contribution in [1.29, 1.82) is 0 Å². The second-order valence-electron chi connectivity index (χ2n) is 4.19. The van der Waals surface area contributed by atoms with Crippen LogP contribution in [-0.4, -0.2) is 0 Å². The summed E-state index contributed by atoms with van der Waals surface area (Å²) >= 11 is 0. The Morgan fingerprint density at radius 3 is 1.90 bits per heavy atom. The van der Waals surface area contributed by atoms with Crippen molar-refractivity contribution in [3.8, 4) is 0 Å². The molecule has 1 fully saturated rings. The van der Waals surface area contributed by atoms with Gasteiger partial charge in [0.25, 0.3) is 0 Å². The van der Waals surface area contributed by atoms with E-state index < -0.39 is 0 Å². The third kappa shape index (κ3) is 2.00. The molecule has 0 aromatic heterocycles. The molecule has 2 unspecified atom stereocenters. The molecule has 1 aliphatic rings. The van der Waals surface area contributed by atoms with E-state index in [4.69, 9.17) is 0 Å². The minimum absolute atomic E-state index is 0.994. The van der Waals surface area contributed by atoms with Gasteiger partial charge in [-0.3, -0.25) is 0 Å². The summed E-state index contributed by atoms with van der Waals surface area (Å²) in [6.07, 6.45) is 5.84. The predicted octanol–water partition coefficient (Wildman–Crippen LogP) is 3.47. The van der Waals surface area contributed by atoms with Gasteiger partial charge < -0.3 is 0 Å². The Morgan fingerprint density at radius 1 is 1.00 bits per heavy atom. The fourth-order valence-corrected chi connectivity index (χ4v) is 2.45. The molecule has 0 nitrogen and oxygen atoms in total. The molecule has 0 heterocycles. The summed E-state index contributed by atoms with van der Waals surface area (Å²) in [6.45, 7) is 7.13. The van der Waals surface area contributed by atoms with Gasteiger partial charge in [0.1, 0.15) is 0 Å². The topological polar surface area (TPSA) is 0 Å². The molecule has 10 heavy (non-hydrogen) atoms. The SMILES string of the molecule is CCC1CC(C)CC(C)C1. The van der Waals surface area contributed by atoms with Crippen LogP contribution < -0.4 is 0 Å². The molecule has 0 heteroatoms. The third-order valence-corrected chi connectivity index (χ3v) is 2.85. The van der Waals surface area contributed by atoms with Gasteiger partial charge in [-0.1, -0.05) is 27.2 Å². The first-order valence-corrected chi connectivity index (χ1v) is 4.72. The van der Waals surface area contributed by atoms with Crippen LogP contribution in [0.3, 0.4) is 0 Å². The van der Waals surface area contributed by atoms with E-state index in [2.05, 4.69) is 20.8 Å². The van der Waals surface area contributed by atoms with Gasteiger partial charge in [0.15, 0.2) is 0 Å². The van der Waals surface area contributed by atoms with E-state index >= 15 is 0 Å². The Bertz CT molecular complexity index is 86.2. The largest absolute Gasteiger partial charge is 0.0651 e. The molecule has 0 aromatic rings. The molecule has 60 valence electrons. The summed E-state index contributed by atoms with van der Waals surface area (Å²) in [4.78, 5) is 0. The van der Waals surface area contributed by atoms with Gasteiger partial charge in [0, 0.05) is 0 Å². The highest BCUT2D eigenvalue weighted by atomic mass is 14.3. The molecule has 1 saturated carbocycles. The second-order valence-corrected chi connectivity index (χ2v) is 4.19. The molecule has 0 amide bonds. The van der Waals surface area contributed by atoms with Crippen LogP contribution >= 0.6 is 0 Å². The van der Waals surface area contributed by atoms with Gasteiger partial charge in [-0.25, -0.2) is 0 Å². The van der Waals surface area contributed by atoms with Crippen LogP contribution in [0.4, 0.5) is 0 Å².